The van der Waals surface area contributed by atoms with Crippen LogP contribution in [-0.2, 0) is 6.42 Å². The number of aryl methyl sites for hydroxylation is 1. The molecule has 5 nitrogen and oxygen atoms in total. The van der Waals surface area contributed by atoms with Crippen molar-refractivity contribution in [3.63, 3.8) is 0 Å². The van der Waals surface area contributed by atoms with Gasteiger partial charge in [-0.15, -0.1) is 24.8 Å². The van der Waals surface area contributed by atoms with E-state index in [-0.39, 0.29) is 30.6 Å². The largest absolute Gasteiger partial charge is 0.493 e. The summed E-state index contributed by atoms with van der Waals surface area (Å²) in [6, 6.07) is 12.4. The summed E-state index contributed by atoms with van der Waals surface area (Å²) in [7, 11) is 3.34. The fraction of sp³-hybridized carbons (Fsp3) is 0.500. The summed E-state index contributed by atoms with van der Waals surface area (Å²) < 4.78 is 29.3. The van der Waals surface area contributed by atoms with Gasteiger partial charge in [0.05, 0.1) is 14.2 Å². The second kappa shape index (κ2) is 15.2. The highest BCUT2D eigenvalue weighted by Gasteiger charge is 2.16. The van der Waals surface area contributed by atoms with Crippen molar-refractivity contribution >= 4 is 24.8 Å². The zero-order chi connectivity index (χ0) is 21.2. The van der Waals surface area contributed by atoms with Gasteiger partial charge in [-0.2, -0.15) is 0 Å². The second-order valence-corrected chi connectivity index (χ2v) is 7.63. The molecule has 0 bridgehead atoms. The minimum absolute atomic E-state index is 0. The normalized spacial score (nSPS) is 14.2. The minimum atomic E-state index is -0.234. The van der Waals surface area contributed by atoms with Crippen molar-refractivity contribution in [1.82, 2.24) is 9.80 Å². The summed E-state index contributed by atoms with van der Waals surface area (Å²) in [6.45, 7) is 7.04. The molecule has 1 heterocycles. The SMILES string of the molecule is COc1ccc(CCCCN2CCN(CCOc3ccc(F)cc3)CC2)cc1OC.Cl.Cl. The topological polar surface area (TPSA) is 34.2 Å². The summed E-state index contributed by atoms with van der Waals surface area (Å²) in [5.41, 5.74) is 1.29. The molecule has 0 radical (unpaired) electrons. The third-order valence-electron chi connectivity index (χ3n) is 5.59. The maximum absolute atomic E-state index is 12.9. The van der Waals surface area contributed by atoms with Crippen molar-refractivity contribution in [2.45, 2.75) is 19.3 Å². The van der Waals surface area contributed by atoms with Crippen LogP contribution < -0.4 is 14.2 Å². The van der Waals surface area contributed by atoms with Crippen molar-refractivity contribution in [3.05, 3.63) is 53.8 Å². The lowest BCUT2D eigenvalue weighted by atomic mass is 10.1. The van der Waals surface area contributed by atoms with Crippen LogP contribution in [0.5, 0.6) is 17.2 Å². The molecule has 0 saturated carbocycles. The maximum Gasteiger partial charge on any atom is 0.160 e. The third-order valence-corrected chi connectivity index (χ3v) is 5.59. The molecule has 0 atom stereocenters. The average molecular weight is 489 g/mol. The van der Waals surface area contributed by atoms with Crippen molar-refractivity contribution < 1.29 is 18.6 Å². The second-order valence-electron chi connectivity index (χ2n) is 7.63. The van der Waals surface area contributed by atoms with Gasteiger partial charge in [0.2, 0.25) is 0 Å². The smallest absolute Gasteiger partial charge is 0.160 e. The fourth-order valence-corrected chi connectivity index (χ4v) is 3.76. The number of piperazine rings is 1. The van der Waals surface area contributed by atoms with Gasteiger partial charge in [0.25, 0.3) is 0 Å². The molecule has 2 aromatic carbocycles. The van der Waals surface area contributed by atoms with Gasteiger partial charge < -0.3 is 19.1 Å². The zero-order valence-corrected chi connectivity index (χ0v) is 20.6. The molecule has 3 rings (SSSR count). The molecule has 8 heteroatoms. The summed E-state index contributed by atoms with van der Waals surface area (Å²) in [5.74, 6) is 2.07. The predicted molar refractivity (Wildman–Crippen MR) is 132 cm³/mol. The van der Waals surface area contributed by atoms with Crippen LogP contribution in [0.4, 0.5) is 4.39 Å². The zero-order valence-electron chi connectivity index (χ0n) is 18.9. The Labute approximate surface area is 203 Å². The lowest BCUT2D eigenvalue weighted by molar-refractivity contribution is 0.116. The quantitative estimate of drug-likeness (QED) is 0.428. The molecular weight excluding hydrogens is 454 g/mol. The van der Waals surface area contributed by atoms with E-state index in [1.165, 1.54) is 30.5 Å². The molecule has 0 aliphatic carbocycles. The molecule has 0 amide bonds. The molecule has 180 valence electrons. The van der Waals surface area contributed by atoms with Crippen LogP contribution >= 0.6 is 24.8 Å². The van der Waals surface area contributed by atoms with Crippen molar-refractivity contribution in [2.75, 3.05) is 60.1 Å². The van der Waals surface area contributed by atoms with Gasteiger partial charge in [0, 0.05) is 32.7 Å². The summed E-state index contributed by atoms with van der Waals surface area (Å²) in [5, 5.41) is 0. The number of unbranched alkanes of at least 4 members (excludes halogenated alkanes) is 1. The highest BCUT2D eigenvalue weighted by atomic mass is 35.5. The van der Waals surface area contributed by atoms with Crippen LogP contribution in [-0.4, -0.2) is 69.9 Å². The minimum Gasteiger partial charge on any atom is -0.493 e. The number of rotatable bonds is 11. The van der Waals surface area contributed by atoms with E-state index < -0.39 is 0 Å². The van der Waals surface area contributed by atoms with Crippen LogP contribution in [0.2, 0.25) is 0 Å². The van der Waals surface area contributed by atoms with E-state index in [0.29, 0.717) is 6.61 Å². The lowest BCUT2D eigenvalue weighted by Gasteiger charge is -2.34. The first kappa shape index (κ1) is 28.3. The molecule has 32 heavy (non-hydrogen) atoms. The van der Waals surface area contributed by atoms with E-state index in [2.05, 4.69) is 21.9 Å². The van der Waals surface area contributed by atoms with Gasteiger partial charge in [0.15, 0.2) is 11.5 Å². The Kier molecular flexibility index (Phi) is 13.4. The third kappa shape index (κ3) is 9.02. The number of benzene rings is 2. The number of halogens is 3. The molecule has 0 aromatic heterocycles. The van der Waals surface area contributed by atoms with Crippen molar-refractivity contribution in [2.24, 2.45) is 0 Å². The van der Waals surface area contributed by atoms with Crippen molar-refractivity contribution in [1.29, 1.82) is 0 Å². The molecule has 0 spiro atoms. The molecule has 0 unspecified atom stereocenters. The molecule has 0 N–H and O–H groups in total. The Morgan fingerprint density at radius 2 is 1.41 bits per heavy atom. The van der Waals surface area contributed by atoms with E-state index >= 15 is 0 Å². The number of methoxy groups -OCH3 is 2. The van der Waals surface area contributed by atoms with E-state index in [9.17, 15) is 4.39 Å². The summed E-state index contributed by atoms with van der Waals surface area (Å²) >= 11 is 0. The van der Waals surface area contributed by atoms with Crippen LogP contribution in [0.25, 0.3) is 0 Å². The Hall–Kier alpha value is -1.73. The van der Waals surface area contributed by atoms with E-state index in [0.717, 1.165) is 62.9 Å². The molecule has 1 aliphatic heterocycles. The van der Waals surface area contributed by atoms with Gasteiger partial charge >= 0.3 is 0 Å². The molecular formula is C24H35Cl2FN2O3. The number of hydrogen-bond donors (Lipinski definition) is 0. The monoisotopic (exact) mass is 488 g/mol. The van der Waals surface area contributed by atoms with Gasteiger partial charge in [-0.25, -0.2) is 4.39 Å². The number of ether oxygens (including phenoxy) is 3. The van der Waals surface area contributed by atoms with Crippen LogP contribution in [0.1, 0.15) is 18.4 Å². The number of nitrogens with zero attached hydrogens (tertiary/aromatic N) is 2. The fourth-order valence-electron chi connectivity index (χ4n) is 3.76. The van der Waals surface area contributed by atoms with Gasteiger partial charge in [-0.1, -0.05) is 6.07 Å². The Bertz CT molecular complexity index is 772. The summed E-state index contributed by atoms with van der Waals surface area (Å²) in [6.07, 6.45) is 3.42. The molecule has 1 fully saturated rings. The molecule has 2 aromatic rings. The van der Waals surface area contributed by atoms with E-state index in [1.54, 1.807) is 26.4 Å². The average Bonchev–Trinajstić information content (AvgIpc) is 2.79. The highest BCUT2D eigenvalue weighted by Crippen LogP contribution is 2.28. The first-order valence-corrected chi connectivity index (χ1v) is 10.7. The maximum atomic E-state index is 12.9. The highest BCUT2D eigenvalue weighted by molar-refractivity contribution is 5.85. The van der Waals surface area contributed by atoms with Gasteiger partial charge in [0.1, 0.15) is 18.2 Å². The first-order chi connectivity index (χ1) is 14.7. The van der Waals surface area contributed by atoms with Gasteiger partial charge in [-0.05, 0) is 67.8 Å². The van der Waals surface area contributed by atoms with Crippen LogP contribution in [0, 0.1) is 5.82 Å². The Balaban J connectivity index is 0.00000256. The van der Waals surface area contributed by atoms with Crippen LogP contribution in [0.15, 0.2) is 42.5 Å². The molecule has 1 saturated heterocycles. The van der Waals surface area contributed by atoms with E-state index in [4.69, 9.17) is 14.2 Å². The number of hydrogen-bond acceptors (Lipinski definition) is 5. The predicted octanol–water partition coefficient (Wildman–Crippen LogP) is 4.71. The Morgan fingerprint density at radius 1 is 0.781 bits per heavy atom. The lowest BCUT2D eigenvalue weighted by Crippen LogP contribution is -2.47. The Morgan fingerprint density at radius 3 is 2.03 bits per heavy atom. The van der Waals surface area contributed by atoms with Crippen molar-refractivity contribution in [3.8, 4) is 17.2 Å². The summed E-state index contributed by atoms with van der Waals surface area (Å²) in [4.78, 5) is 4.98. The van der Waals surface area contributed by atoms with Crippen LogP contribution in [0.3, 0.4) is 0 Å². The molecule has 1 aliphatic rings. The van der Waals surface area contributed by atoms with Gasteiger partial charge in [-0.3, -0.25) is 4.90 Å². The first-order valence-electron chi connectivity index (χ1n) is 10.7. The van der Waals surface area contributed by atoms with E-state index in [1.807, 2.05) is 6.07 Å². The standard InChI is InChI=1S/C24H33FN2O3.2ClH/c1-28-23-11-6-20(19-24(23)29-2)5-3-4-12-26-13-15-27(16-14-26)17-18-30-22-9-7-21(25)8-10-22;;/h6-11,19H,3-5,12-18H2,1-2H3;2*1H.